The quantitative estimate of drug-likeness (QED) is 0.679. The number of anilines is 1. The van der Waals surface area contributed by atoms with E-state index in [4.69, 9.17) is 15.8 Å². The lowest BCUT2D eigenvalue weighted by atomic mass is 9.98. The van der Waals surface area contributed by atoms with Gasteiger partial charge in [-0.05, 0) is 37.0 Å². The maximum Gasteiger partial charge on any atom is 0.147 e. The zero-order chi connectivity index (χ0) is 24.4. The van der Waals surface area contributed by atoms with Crippen LogP contribution in [0.25, 0.3) is 17.0 Å². The number of nitrogens with one attached hydrogen (secondary N) is 1. The van der Waals surface area contributed by atoms with Gasteiger partial charge in [0.25, 0.3) is 0 Å². The molecule has 0 bridgehead atoms. The Morgan fingerprint density at radius 2 is 2.09 bits per heavy atom. The van der Waals surface area contributed by atoms with Crippen LogP contribution in [0.5, 0.6) is 0 Å². The molecule has 3 aliphatic rings. The average molecular weight is 474 g/mol. The third-order valence-corrected chi connectivity index (χ3v) is 6.96. The number of hydrazone groups is 1. The van der Waals surface area contributed by atoms with Crippen molar-refractivity contribution in [2.75, 3.05) is 39.0 Å². The molecule has 1 atom stereocenters. The number of benzene rings is 1. The van der Waals surface area contributed by atoms with Crippen molar-refractivity contribution >= 4 is 17.2 Å². The summed E-state index contributed by atoms with van der Waals surface area (Å²) in [6.45, 7) is 7.52. The van der Waals surface area contributed by atoms with Crippen LogP contribution in [0.15, 0.2) is 59.9 Å². The van der Waals surface area contributed by atoms with Gasteiger partial charge in [-0.25, -0.2) is 14.4 Å². The molecular formula is C27H32FN7. The van der Waals surface area contributed by atoms with Crippen LogP contribution in [0.4, 0.5) is 10.2 Å². The third kappa shape index (κ3) is 4.84. The Morgan fingerprint density at radius 1 is 1.26 bits per heavy atom. The highest BCUT2D eigenvalue weighted by molar-refractivity contribution is 6.01. The van der Waals surface area contributed by atoms with Gasteiger partial charge in [0.1, 0.15) is 17.3 Å². The summed E-state index contributed by atoms with van der Waals surface area (Å²) >= 11 is 0. The Bertz CT molecular complexity index is 1210. The highest BCUT2D eigenvalue weighted by atomic mass is 19.1. The molecule has 3 N–H and O–H groups in total. The van der Waals surface area contributed by atoms with Crippen molar-refractivity contribution in [2.45, 2.75) is 31.7 Å². The van der Waals surface area contributed by atoms with Gasteiger partial charge in [0.05, 0.1) is 23.6 Å². The van der Waals surface area contributed by atoms with E-state index in [1.165, 1.54) is 11.6 Å². The van der Waals surface area contributed by atoms with Gasteiger partial charge < -0.3 is 16.0 Å². The Kier molecular flexibility index (Phi) is 6.63. The highest BCUT2D eigenvalue weighted by Gasteiger charge is 2.30. The van der Waals surface area contributed by atoms with Gasteiger partial charge in [-0.3, -0.25) is 5.01 Å². The first-order valence-corrected chi connectivity index (χ1v) is 12.2. The average Bonchev–Trinajstić information content (AvgIpc) is 3.06. The lowest BCUT2D eigenvalue weighted by Gasteiger charge is -2.31. The Morgan fingerprint density at radius 3 is 2.89 bits per heavy atom. The first-order chi connectivity index (χ1) is 17.0. The second-order valence-corrected chi connectivity index (χ2v) is 9.26. The topological polar surface area (TPSA) is 82.7 Å². The highest BCUT2D eigenvalue weighted by Crippen LogP contribution is 2.35. The molecule has 1 aliphatic carbocycles. The summed E-state index contributed by atoms with van der Waals surface area (Å²) in [6.07, 6.45) is 12.0. The Hall–Kier alpha value is -3.52. The molecule has 0 spiro atoms. The molecule has 0 radical (unpaired) electrons. The number of rotatable bonds is 5. The van der Waals surface area contributed by atoms with Crippen molar-refractivity contribution in [3.05, 3.63) is 71.9 Å². The lowest BCUT2D eigenvalue weighted by molar-refractivity contribution is 0.285. The zero-order valence-corrected chi connectivity index (χ0v) is 20.2. The molecule has 182 valence electrons. The number of piperazine rings is 1. The van der Waals surface area contributed by atoms with Crippen LogP contribution < -0.4 is 11.1 Å². The van der Waals surface area contributed by atoms with E-state index in [9.17, 15) is 0 Å². The van der Waals surface area contributed by atoms with E-state index < -0.39 is 0 Å². The summed E-state index contributed by atoms with van der Waals surface area (Å²) < 4.78 is 15.2. The van der Waals surface area contributed by atoms with Crippen LogP contribution in [0, 0.1) is 5.82 Å². The van der Waals surface area contributed by atoms with E-state index in [-0.39, 0.29) is 11.9 Å². The Balaban J connectivity index is 1.38. The third-order valence-electron chi connectivity index (χ3n) is 6.96. The second kappa shape index (κ2) is 10.00. The Labute approximate surface area is 205 Å². The molecule has 2 aliphatic heterocycles. The number of hydrogen-bond donors (Lipinski definition) is 2. The first kappa shape index (κ1) is 23.2. The van der Waals surface area contributed by atoms with Crippen LogP contribution in [-0.4, -0.2) is 58.8 Å². The van der Waals surface area contributed by atoms with Crippen molar-refractivity contribution in [1.82, 2.24) is 25.2 Å². The van der Waals surface area contributed by atoms with Gasteiger partial charge in [0, 0.05) is 56.5 Å². The number of halogens is 1. The molecule has 1 unspecified atom stereocenters. The molecule has 8 heteroatoms. The molecule has 0 amide bonds. The number of hydrogen-bond acceptors (Lipinski definition) is 7. The summed E-state index contributed by atoms with van der Waals surface area (Å²) in [5.41, 5.74) is 11.7. The van der Waals surface area contributed by atoms with E-state index in [0.717, 1.165) is 57.6 Å². The summed E-state index contributed by atoms with van der Waals surface area (Å²) in [5.74, 6) is 0.0594. The monoisotopic (exact) mass is 473 g/mol. The number of nitrogen functional groups attached to an aromatic ring is 1. The van der Waals surface area contributed by atoms with E-state index in [1.807, 2.05) is 18.1 Å². The minimum atomic E-state index is -0.317. The van der Waals surface area contributed by atoms with Gasteiger partial charge in [0.2, 0.25) is 0 Å². The SMILES string of the molecule is C=C(c1ccc(-c2cnc(N)c(C3CC(C4=CC=CCCC4)=NN3C)n2)cc1F)N1CCNCC1. The first-order valence-electron chi connectivity index (χ1n) is 12.2. The predicted molar refractivity (Wildman–Crippen MR) is 139 cm³/mol. The molecular weight excluding hydrogens is 441 g/mol. The number of nitrogens with two attached hydrogens (primary N) is 1. The normalized spacial score (nSPS) is 20.5. The summed E-state index contributed by atoms with van der Waals surface area (Å²) in [5, 5.41) is 10.0. The standard InChI is InChI=1S/C27H32FN7/c1-18(35-13-11-30-12-14-35)21-10-9-20(15-22(21)28)24-17-31-27(29)26(32-24)25-16-23(33-34(25)2)19-7-5-3-4-6-8-19/h3,5,7,9-10,15,17,25,30H,1,4,6,8,11-14,16H2,2H3,(H2,29,31). The maximum atomic E-state index is 15.2. The fraction of sp³-hybridized carbons (Fsp3) is 0.370. The van der Waals surface area contributed by atoms with Gasteiger partial charge in [-0.15, -0.1) is 0 Å². The van der Waals surface area contributed by atoms with E-state index in [2.05, 4.69) is 40.0 Å². The van der Waals surface area contributed by atoms with Crippen molar-refractivity contribution < 1.29 is 4.39 Å². The number of allylic oxidation sites excluding steroid dienone is 4. The lowest BCUT2D eigenvalue weighted by Crippen LogP contribution is -2.42. The smallest absolute Gasteiger partial charge is 0.147 e. The van der Waals surface area contributed by atoms with E-state index in [1.54, 1.807) is 12.3 Å². The fourth-order valence-electron chi connectivity index (χ4n) is 4.91. The predicted octanol–water partition coefficient (Wildman–Crippen LogP) is 4.14. The van der Waals surface area contributed by atoms with Gasteiger partial charge in [-0.1, -0.05) is 30.9 Å². The molecule has 1 aromatic heterocycles. The zero-order valence-electron chi connectivity index (χ0n) is 20.2. The molecule has 35 heavy (non-hydrogen) atoms. The van der Waals surface area contributed by atoms with Gasteiger partial charge in [-0.2, -0.15) is 5.10 Å². The number of nitrogens with zero attached hydrogens (tertiary/aromatic N) is 5. The molecule has 5 rings (SSSR count). The maximum absolute atomic E-state index is 15.2. The summed E-state index contributed by atoms with van der Waals surface area (Å²) in [6, 6.07) is 5.05. The van der Waals surface area contributed by atoms with Crippen molar-refractivity contribution in [3.63, 3.8) is 0 Å². The van der Waals surface area contributed by atoms with Crippen molar-refractivity contribution in [2.24, 2.45) is 5.10 Å². The summed E-state index contributed by atoms with van der Waals surface area (Å²) in [4.78, 5) is 11.4. The number of aromatic nitrogens is 2. The summed E-state index contributed by atoms with van der Waals surface area (Å²) in [7, 11) is 1.94. The molecule has 1 aromatic carbocycles. The van der Waals surface area contributed by atoms with E-state index >= 15 is 4.39 Å². The van der Waals surface area contributed by atoms with Crippen LogP contribution in [0.1, 0.15) is 43.0 Å². The molecule has 7 nitrogen and oxygen atoms in total. The van der Waals surface area contributed by atoms with E-state index in [0.29, 0.717) is 34.0 Å². The minimum absolute atomic E-state index is 0.109. The van der Waals surface area contributed by atoms with Crippen molar-refractivity contribution in [1.29, 1.82) is 0 Å². The van der Waals surface area contributed by atoms with Crippen LogP contribution in [0.3, 0.4) is 0 Å². The van der Waals surface area contributed by atoms with Crippen LogP contribution in [-0.2, 0) is 0 Å². The molecule has 1 fully saturated rings. The molecule has 2 aromatic rings. The molecule has 1 saturated heterocycles. The molecule has 3 heterocycles. The minimum Gasteiger partial charge on any atom is -0.382 e. The second-order valence-electron chi connectivity index (χ2n) is 9.26. The fourth-order valence-corrected chi connectivity index (χ4v) is 4.91. The van der Waals surface area contributed by atoms with Gasteiger partial charge >= 0.3 is 0 Å². The largest absolute Gasteiger partial charge is 0.382 e. The van der Waals surface area contributed by atoms with Crippen molar-refractivity contribution in [3.8, 4) is 11.3 Å². The van der Waals surface area contributed by atoms with Crippen LogP contribution >= 0.6 is 0 Å². The molecule has 0 saturated carbocycles. The van der Waals surface area contributed by atoms with Gasteiger partial charge in [0.15, 0.2) is 0 Å². The van der Waals surface area contributed by atoms with Crippen LogP contribution in [0.2, 0.25) is 0 Å².